The molecule has 33 heavy (non-hydrogen) atoms. The minimum Gasteiger partial charge on any atom is -0.508 e. The number of nitrogens with one attached hydrogen (secondary N) is 1. The molecule has 0 saturated carbocycles. The fraction of sp³-hybridized carbons (Fsp3) is 0.440. The lowest BCUT2D eigenvalue weighted by Gasteiger charge is -2.45. The van der Waals surface area contributed by atoms with Gasteiger partial charge in [0.05, 0.1) is 12.5 Å². The number of hydrogen-bond donors (Lipinski definition) is 3. The highest BCUT2D eigenvalue weighted by atomic mass is 35.5. The molecule has 182 valence electrons. The molecule has 1 aliphatic heterocycles. The van der Waals surface area contributed by atoms with Gasteiger partial charge in [0.25, 0.3) is 0 Å². The van der Waals surface area contributed by atoms with Crippen LogP contribution in [0.25, 0.3) is 0 Å². The summed E-state index contributed by atoms with van der Waals surface area (Å²) in [7, 11) is 0. The minimum atomic E-state index is -0.545. The van der Waals surface area contributed by atoms with Gasteiger partial charge in [-0.3, -0.25) is 9.59 Å². The van der Waals surface area contributed by atoms with E-state index in [0.29, 0.717) is 18.1 Å². The van der Waals surface area contributed by atoms with Gasteiger partial charge in [0, 0.05) is 6.54 Å². The van der Waals surface area contributed by atoms with Crippen molar-refractivity contribution < 1.29 is 20.2 Å². The Morgan fingerprint density at radius 3 is 2.52 bits per heavy atom. The molecule has 6 N–H and O–H groups in total. The van der Waals surface area contributed by atoms with E-state index in [-0.39, 0.29) is 41.7 Å². The van der Waals surface area contributed by atoms with Crippen LogP contribution >= 0.6 is 12.4 Å². The fourth-order valence-electron chi connectivity index (χ4n) is 4.55. The van der Waals surface area contributed by atoms with Crippen LogP contribution in [0.15, 0.2) is 54.6 Å². The molecule has 1 fully saturated rings. The number of carbonyl (C=O) groups is 2. The van der Waals surface area contributed by atoms with Crippen molar-refractivity contribution in [3.63, 3.8) is 0 Å². The molecule has 2 amide bonds. The molecule has 1 heterocycles. The van der Waals surface area contributed by atoms with Crippen LogP contribution in [0.3, 0.4) is 0 Å². The third-order valence-electron chi connectivity index (χ3n) is 6.76. The summed E-state index contributed by atoms with van der Waals surface area (Å²) in [5, 5.41) is 12.6. The van der Waals surface area contributed by atoms with Gasteiger partial charge in [0.1, 0.15) is 5.75 Å². The van der Waals surface area contributed by atoms with Crippen molar-refractivity contribution in [3.8, 4) is 5.75 Å². The molecule has 3 rings (SSSR count). The lowest BCUT2D eigenvalue weighted by Crippen LogP contribution is -2.48. The standard InChI is InChI=1S/C25H33N3O3.ClH.H2O/c1-18-17-28(14-12-25(18,2)20-9-6-10-21(29)15-20)13-11-22(19-7-4-3-5-8-19)24(31)27-16-23(26)30;;/h3-10,15,18,22,29H,11-14,16-17H2,1-2H3,(H2,26,30)(H,27,31);1H;1H2/t18-,22?,25-;;/m0../s1. The van der Waals surface area contributed by atoms with Crippen LogP contribution in [-0.4, -0.2) is 53.5 Å². The van der Waals surface area contributed by atoms with Gasteiger partial charge < -0.3 is 26.5 Å². The molecule has 3 atom stereocenters. The summed E-state index contributed by atoms with van der Waals surface area (Å²) >= 11 is 0. The Balaban J connectivity index is 0.00000272. The third-order valence-corrected chi connectivity index (χ3v) is 6.76. The van der Waals surface area contributed by atoms with Gasteiger partial charge in [0.2, 0.25) is 11.8 Å². The van der Waals surface area contributed by atoms with E-state index in [4.69, 9.17) is 5.73 Å². The maximum Gasteiger partial charge on any atom is 0.236 e. The van der Waals surface area contributed by atoms with Crippen molar-refractivity contribution in [1.29, 1.82) is 0 Å². The van der Waals surface area contributed by atoms with Crippen LogP contribution in [0.1, 0.15) is 43.7 Å². The maximum absolute atomic E-state index is 12.7. The molecule has 1 aliphatic rings. The Morgan fingerprint density at radius 2 is 1.91 bits per heavy atom. The SMILES string of the molecule is C[C@H]1CN(CCC(C(=O)NCC(N)=O)c2ccccc2)CC[C@]1(C)c1cccc(O)c1.Cl.O. The average molecular weight is 478 g/mol. The smallest absolute Gasteiger partial charge is 0.236 e. The van der Waals surface area contributed by atoms with Crippen molar-refractivity contribution in [2.45, 2.75) is 38.0 Å². The van der Waals surface area contributed by atoms with Gasteiger partial charge in [-0.1, -0.05) is 56.3 Å². The highest BCUT2D eigenvalue weighted by Crippen LogP contribution is 2.40. The molecule has 7 nitrogen and oxygen atoms in total. The van der Waals surface area contributed by atoms with E-state index >= 15 is 0 Å². The molecule has 0 aliphatic carbocycles. The zero-order valence-electron chi connectivity index (χ0n) is 19.3. The largest absolute Gasteiger partial charge is 0.508 e. The molecular formula is C25H36ClN3O4. The number of benzene rings is 2. The van der Waals surface area contributed by atoms with E-state index in [0.717, 1.165) is 31.6 Å². The first kappa shape index (κ1) is 28.4. The average Bonchev–Trinajstić information content (AvgIpc) is 2.75. The normalized spacial score (nSPS) is 21.2. The maximum atomic E-state index is 12.7. The molecule has 8 heteroatoms. The van der Waals surface area contributed by atoms with E-state index in [1.54, 1.807) is 6.07 Å². The van der Waals surface area contributed by atoms with E-state index < -0.39 is 5.91 Å². The summed E-state index contributed by atoms with van der Waals surface area (Å²) in [6.07, 6.45) is 1.66. The van der Waals surface area contributed by atoms with Crippen LogP contribution in [0.5, 0.6) is 5.75 Å². The second-order valence-electron chi connectivity index (χ2n) is 8.86. The number of nitrogens with zero attached hydrogens (tertiary/aromatic N) is 1. The summed E-state index contributed by atoms with van der Waals surface area (Å²) in [5.74, 6) is -0.325. The van der Waals surface area contributed by atoms with Crippen molar-refractivity contribution in [2.24, 2.45) is 11.7 Å². The number of piperidine rings is 1. The number of carbonyl (C=O) groups excluding carboxylic acids is 2. The Bertz CT molecular complexity index is 912. The number of amides is 2. The van der Waals surface area contributed by atoms with Gasteiger partial charge in [-0.2, -0.15) is 0 Å². The van der Waals surface area contributed by atoms with Gasteiger partial charge in [-0.05, 0) is 60.5 Å². The van der Waals surface area contributed by atoms with E-state index in [9.17, 15) is 14.7 Å². The first-order valence-corrected chi connectivity index (χ1v) is 10.9. The lowest BCUT2D eigenvalue weighted by molar-refractivity contribution is -0.126. The highest BCUT2D eigenvalue weighted by molar-refractivity contribution is 5.87. The molecule has 0 aromatic heterocycles. The number of rotatable bonds is 8. The zero-order valence-corrected chi connectivity index (χ0v) is 20.1. The number of likely N-dealkylation sites (tertiary alicyclic amines) is 1. The summed E-state index contributed by atoms with van der Waals surface area (Å²) in [4.78, 5) is 26.2. The number of hydrogen-bond acceptors (Lipinski definition) is 4. The number of nitrogens with two attached hydrogens (primary N) is 1. The van der Waals surface area contributed by atoms with Crippen molar-refractivity contribution in [3.05, 3.63) is 65.7 Å². The molecule has 2 aromatic carbocycles. The number of phenolic OH excluding ortho intramolecular Hbond substituents is 1. The number of phenols is 1. The third kappa shape index (κ3) is 7.19. The minimum absolute atomic E-state index is 0. The number of halogens is 1. The first-order chi connectivity index (χ1) is 14.8. The van der Waals surface area contributed by atoms with Gasteiger partial charge in [-0.15, -0.1) is 12.4 Å². The van der Waals surface area contributed by atoms with Crippen molar-refractivity contribution >= 4 is 24.2 Å². The Hall–Kier alpha value is -2.61. The van der Waals surface area contributed by atoms with Crippen LogP contribution in [0.2, 0.25) is 0 Å². The molecule has 0 spiro atoms. The van der Waals surface area contributed by atoms with E-state index in [1.165, 1.54) is 5.56 Å². The summed E-state index contributed by atoms with van der Waals surface area (Å²) in [5.41, 5.74) is 7.32. The van der Waals surface area contributed by atoms with Crippen LogP contribution < -0.4 is 11.1 Å². The van der Waals surface area contributed by atoms with E-state index in [1.807, 2.05) is 42.5 Å². The summed E-state index contributed by atoms with van der Waals surface area (Å²) in [6.45, 7) is 7.03. The predicted molar refractivity (Wildman–Crippen MR) is 133 cm³/mol. The second-order valence-corrected chi connectivity index (χ2v) is 8.86. The molecule has 1 saturated heterocycles. The first-order valence-electron chi connectivity index (χ1n) is 10.9. The van der Waals surface area contributed by atoms with Crippen LogP contribution in [-0.2, 0) is 15.0 Å². The molecule has 2 aromatic rings. The Kier molecular flexibility index (Phi) is 10.8. The van der Waals surface area contributed by atoms with Gasteiger partial charge in [-0.25, -0.2) is 0 Å². The monoisotopic (exact) mass is 477 g/mol. The molecule has 1 unspecified atom stereocenters. The Morgan fingerprint density at radius 1 is 1.21 bits per heavy atom. The molecular weight excluding hydrogens is 442 g/mol. The topological polar surface area (TPSA) is 127 Å². The number of aromatic hydroxyl groups is 1. The van der Waals surface area contributed by atoms with Gasteiger partial charge >= 0.3 is 0 Å². The highest BCUT2D eigenvalue weighted by Gasteiger charge is 2.38. The summed E-state index contributed by atoms with van der Waals surface area (Å²) in [6, 6.07) is 17.3. The van der Waals surface area contributed by atoms with Crippen LogP contribution in [0, 0.1) is 5.92 Å². The van der Waals surface area contributed by atoms with E-state index in [2.05, 4.69) is 30.1 Å². The molecule has 0 radical (unpaired) electrons. The summed E-state index contributed by atoms with van der Waals surface area (Å²) < 4.78 is 0. The van der Waals surface area contributed by atoms with Crippen molar-refractivity contribution in [1.82, 2.24) is 10.2 Å². The fourth-order valence-corrected chi connectivity index (χ4v) is 4.55. The predicted octanol–water partition coefficient (Wildman–Crippen LogP) is 2.36. The Labute approximate surface area is 202 Å². The van der Waals surface area contributed by atoms with Crippen molar-refractivity contribution in [2.75, 3.05) is 26.2 Å². The number of primary amides is 1. The lowest BCUT2D eigenvalue weighted by atomic mass is 9.68. The van der Waals surface area contributed by atoms with Crippen LogP contribution in [0.4, 0.5) is 0 Å². The quantitative estimate of drug-likeness (QED) is 0.539. The zero-order chi connectivity index (χ0) is 22.4. The molecule has 0 bridgehead atoms. The second kappa shape index (κ2) is 12.6. The van der Waals surface area contributed by atoms with Gasteiger partial charge in [0.15, 0.2) is 0 Å².